The number of anilines is 1. The van der Waals surface area contributed by atoms with Crippen molar-refractivity contribution in [3.63, 3.8) is 0 Å². The Kier molecular flexibility index (Phi) is 9.07. The van der Waals surface area contributed by atoms with Crippen molar-refractivity contribution in [2.75, 3.05) is 26.0 Å². The van der Waals surface area contributed by atoms with Crippen LogP contribution in [-0.2, 0) is 22.6 Å². The third kappa shape index (κ3) is 5.96. The lowest BCUT2D eigenvalue weighted by atomic mass is 10.00. The molecule has 1 aromatic carbocycles. The fourth-order valence-corrected chi connectivity index (χ4v) is 4.88. The van der Waals surface area contributed by atoms with E-state index in [4.69, 9.17) is 0 Å². The Morgan fingerprint density at radius 1 is 1.00 bits per heavy atom. The molecular weight excluding hydrogens is 430 g/mol. The Labute approximate surface area is 202 Å². The van der Waals surface area contributed by atoms with Gasteiger partial charge in [0.25, 0.3) is 0 Å². The number of hydrogen-bond acceptors (Lipinski definition) is 5. The number of aromatic nitrogens is 2. The molecule has 2 N–H and O–H groups in total. The lowest BCUT2D eigenvalue weighted by molar-refractivity contribution is -0.140. The minimum atomic E-state index is -0.569. The smallest absolute Gasteiger partial charge is 0.245 e. The van der Waals surface area contributed by atoms with Crippen LogP contribution in [0.25, 0.3) is 10.9 Å². The van der Waals surface area contributed by atoms with E-state index in [1.807, 2.05) is 13.1 Å². The molecule has 2 heterocycles. The van der Waals surface area contributed by atoms with Crippen LogP contribution in [-0.4, -0.2) is 59.0 Å². The van der Waals surface area contributed by atoms with Crippen LogP contribution in [0.5, 0.6) is 0 Å². The molecule has 1 atom stereocenters. The van der Waals surface area contributed by atoms with E-state index in [0.29, 0.717) is 12.2 Å². The number of ketones is 1. The average molecular weight is 470 g/mol. The molecule has 3 rings (SSSR count). The predicted molar refractivity (Wildman–Crippen MR) is 135 cm³/mol. The first kappa shape index (κ1) is 25.7. The highest BCUT2D eigenvalue weighted by molar-refractivity contribution is 6.06. The summed E-state index contributed by atoms with van der Waals surface area (Å²) in [5.41, 5.74) is 3.25. The molecule has 8 heteroatoms. The summed E-state index contributed by atoms with van der Waals surface area (Å²) >= 11 is 0. The van der Waals surface area contributed by atoms with Gasteiger partial charge in [-0.1, -0.05) is 38.5 Å². The first-order valence-corrected chi connectivity index (χ1v) is 12.6. The molecule has 0 bridgehead atoms. The van der Waals surface area contributed by atoms with Gasteiger partial charge in [-0.05, 0) is 43.9 Å². The van der Waals surface area contributed by atoms with E-state index in [1.54, 1.807) is 23.6 Å². The van der Waals surface area contributed by atoms with Gasteiger partial charge in [-0.3, -0.25) is 19.1 Å². The van der Waals surface area contributed by atoms with E-state index < -0.39 is 6.04 Å². The van der Waals surface area contributed by atoms with E-state index >= 15 is 0 Å². The molecule has 1 aliphatic rings. The van der Waals surface area contributed by atoms with Crippen molar-refractivity contribution in [2.45, 2.75) is 84.2 Å². The SMILES string of the molecule is CNC(=O)[C@H](C)N1CCCCCCCCCCc2cc(NC)cc3c(C(C)=O)nn(c23)CC1=O. The summed E-state index contributed by atoms with van der Waals surface area (Å²) in [4.78, 5) is 40.0. The second kappa shape index (κ2) is 12.0. The predicted octanol–water partition coefficient (Wildman–Crippen LogP) is 3.92. The molecule has 8 nitrogen and oxygen atoms in total. The standard InChI is InChI=1S/C26H39N5O3/c1-18(26(34)28-4)30-14-12-10-8-6-5-7-9-11-13-20-15-21(27-3)16-22-24(19(2)32)29-31(25(20)22)17-23(30)33/h15-16,18,27H,5-14,17H2,1-4H3,(H,28,34)/t18-/m0/s1. The molecule has 2 aromatic rings. The summed E-state index contributed by atoms with van der Waals surface area (Å²) in [6.45, 7) is 3.80. The Balaban J connectivity index is 2.07. The molecule has 0 saturated carbocycles. The van der Waals surface area contributed by atoms with Crippen LogP contribution in [0, 0.1) is 0 Å². The number of nitrogens with zero attached hydrogens (tertiary/aromatic N) is 3. The zero-order valence-corrected chi connectivity index (χ0v) is 21.1. The van der Waals surface area contributed by atoms with Gasteiger partial charge in [0, 0.05) is 38.6 Å². The topological polar surface area (TPSA) is 96.3 Å². The molecule has 0 aliphatic carbocycles. The lowest BCUT2D eigenvalue weighted by Crippen LogP contribution is -2.48. The number of hydrogen-bond donors (Lipinski definition) is 2. The molecule has 0 unspecified atom stereocenters. The molecule has 0 saturated heterocycles. The van der Waals surface area contributed by atoms with Crippen LogP contribution in [0.15, 0.2) is 12.1 Å². The number of Topliss-reactive ketones (excluding diaryl/α,β-unsaturated/α-hetero) is 1. The van der Waals surface area contributed by atoms with Crippen molar-refractivity contribution in [3.8, 4) is 0 Å². The van der Waals surface area contributed by atoms with E-state index in [1.165, 1.54) is 26.2 Å². The highest BCUT2D eigenvalue weighted by atomic mass is 16.2. The summed E-state index contributed by atoms with van der Waals surface area (Å²) < 4.78 is 1.68. The second-order valence-corrected chi connectivity index (χ2v) is 9.30. The number of benzene rings is 1. The summed E-state index contributed by atoms with van der Waals surface area (Å²) in [5.74, 6) is -0.472. The van der Waals surface area contributed by atoms with Crippen LogP contribution in [0.1, 0.15) is 81.3 Å². The van der Waals surface area contributed by atoms with Gasteiger partial charge in [-0.25, -0.2) is 0 Å². The lowest BCUT2D eigenvalue weighted by Gasteiger charge is -2.28. The normalized spacial score (nSPS) is 17.4. The third-order valence-electron chi connectivity index (χ3n) is 6.84. The maximum atomic E-state index is 13.5. The Morgan fingerprint density at radius 2 is 1.65 bits per heavy atom. The zero-order valence-electron chi connectivity index (χ0n) is 21.1. The maximum Gasteiger partial charge on any atom is 0.245 e. The third-order valence-corrected chi connectivity index (χ3v) is 6.84. The van der Waals surface area contributed by atoms with Crippen LogP contribution < -0.4 is 10.6 Å². The highest BCUT2D eigenvalue weighted by Gasteiger charge is 2.27. The van der Waals surface area contributed by atoms with Crippen LogP contribution >= 0.6 is 0 Å². The fraction of sp³-hybridized carbons (Fsp3) is 0.615. The van der Waals surface area contributed by atoms with E-state index in [2.05, 4.69) is 21.8 Å². The number of aryl methyl sites for hydroxylation is 1. The Bertz CT molecular complexity index is 1030. The van der Waals surface area contributed by atoms with Crippen molar-refractivity contribution in [1.82, 2.24) is 20.0 Å². The van der Waals surface area contributed by atoms with Crippen LogP contribution in [0.2, 0.25) is 0 Å². The second-order valence-electron chi connectivity index (χ2n) is 9.30. The molecule has 1 aliphatic heterocycles. The van der Waals surface area contributed by atoms with Crippen molar-refractivity contribution >= 4 is 34.2 Å². The summed E-state index contributed by atoms with van der Waals surface area (Å²) in [6, 6.07) is 3.47. The number of likely N-dealkylation sites (N-methyl/N-ethyl adjacent to an activating group) is 1. The van der Waals surface area contributed by atoms with Crippen LogP contribution in [0.4, 0.5) is 5.69 Å². The quantitative estimate of drug-likeness (QED) is 0.662. The average Bonchev–Trinajstić information content (AvgIpc) is 3.19. The molecule has 0 fully saturated rings. The first-order chi connectivity index (χ1) is 16.4. The number of amides is 2. The minimum Gasteiger partial charge on any atom is -0.388 e. The van der Waals surface area contributed by atoms with Gasteiger partial charge in [0.2, 0.25) is 11.8 Å². The van der Waals surface area contributed by atoms with Crippen molar-refractivity contribution in [3.05, 3.63) is 23.4 Å². The van der Waals surface area contributed by atoms with Crippen molar-refractivity contribution < 1.29 is 14.4 Å². The monoisotopic (exact) mass is 469 g/mol. The maximum absolute atomic E-state index is 13.5. The number of carbonyl (C=O) groups excluding carboxylic acids is 3. The summed E-state index contributed by atoms with van der Waals surface area (Å²) in [6.07, 6.45) is 9.76. The minimum absolute atomic E-state index is 0.00296. The first-order valence-electron chi connectivity index (χ1n) is 12.6. The molecular formula is C26H39N5O3. The van der Waals surface area contributed by atoms with E-state index in [0.717, 1.165) is 60.7 Å². The van der Waals surface area contributed by atoms with Crippen molar-refractivity contribution in [1.29, 1.82) is 0 Å². The molecule has 1 aromatic heterocycles. The highest BCUT2D eigenvalue weighted by Crippen LogP contribution is 2.29. The Hall–Kier alpha value is -2.90. The van der Waals surface area contributed by atoms with E-state index in [-0.39, 0.29) is 24.1 Å². The summed E-state index contributed by atoms with van der Waals surface area (Å²) in [5, 5.41) is 11.2. The van der Waals surface area contributed by atoms with E-state index in [9.17, 15) is 14.4 Å². The van der Waals surface area contributed by atoms with Gasteiger partial charge in [0.15, 0.2) is 5.78 Å². The van der Waals surface area contributed by atoms with Gasteiger partial charge in [0.1, 0.15) is 18.3 Å². The molecule has 34 heavy (non-hydrogen) atoms. The van der Waals surface area contributed by atoms with Gasteiger partial charge in [-0.15, -0.1) is 0 Å². The number of rotatable bonds is 4. The van der Waals surface area contributed by atoms with Gasteiger partial charge in [-0.2, -0.15) is 5.10 Å². The van der Waals surface area contributed by atoms with Gasteiger partial charge < -0.3 is 15.5 Å². The zero-order chi connectivity index (χ0) is 24.7. The van der Waals surface area contributed by atoms with Crippen LogP contribution in [0.3, 0.4) is 0 Å². The number of nitrogens with one attached hydrogen (secondary N) is 2. The van der Waals surface area contributed by atoms with Gasteiger partial charge in [0.05, 0.1) is 5.52 Å². The summed E-state index contributed by atoms with van der Waals surface area (Å²) in [7, 11) is 3.45. The number of carbonyl (C=O) groups is 3. The van der Waals surface area contributed by atoms with Gasteiger partial charge >= 0.3 is 0 Å². The molecule has 0 spiro atoms. The molecule has 186 valence electrons. The van der Waals surface area contributed by atoms with Crippen molar-refractivity contribution in [2.24, 2.45) is 0 Å². The molecule has 0 radical (unpaired) electrons. The fourth-order valence-electron chi connectivity index (χ4n) is 4.88. The Morgan fingerprint density at radius 3 is 2.26 bits per heavy atom. The largest absolute Gasteiger partial charge is 0.388 e. The molecule has 2 amide bonds.